The van der Waals surface area contributed by atoms with E-state index in [1.807, 2.05) is 32.0 Å². The number of nitrogens with zero attached hydrogens (tertiary/aromatic N) is 1. The Labute approximate surface area is 189 Å². The van der Waals surface area contributed by atoms with Gasteiger partial charge in [-0.3, -0.25) is 9.59 Å². The van der Waals surface area contributed by atoms with Gasteiger partial charge in [-0.25, -0.2) is 0 Å². The zero-order chi connectivity index (χ0) is 23.0. The third-order valence-corrected chi connectivity index (χ3v) is 5.96. The van der Waals surface area contributed by atoms with Crippen molar-refractivity contribution in [3.8, 4) is 0 Å². The lowest BCUT2D eigenvalue weighted by molar-refractivity contribution is 0.0593. The van der Waals surface area contributed by atoms with Crippen molar-refractivity contribution in [2.75, 3.05) is 13.2 Å². The minimum absolute atomic E-state index is 0.0189. The third kappa shape index (κ3) is 4.09. The highest BCUT2D eigenvalue weighted by molar-refractivity contribution is 5.99. The van der Waals surface area contributed by atoms with Crippen LogP contribution in [0.2, 0.25) is 0 Å². The van der Waals surface area contributed by atoms with Gasteiger partial charge in [-0.2, -0.15) is 0 Å². The zero-order valence-electron chi connectivity index (χ0n) is 19.5. The summed E-state index contributed by atoms with van der Waals surface area (Å²) >= 11 is 0. The molecule has 0 saturated carbocycles. The summed E-state index contributed by atoms with van der Waals surface area (Å²) in [5.41, 5.74) is 2.87. The van der Waals surface area contributed by atoms with E-state index in [0.29, 0.717) is 36.1 Å². The molecule has 32 heavy (non-hydrogen) atoms. The SMILES string of the molecule is CC(C)OCCCN1C(=O)c2oc3ccccc3c(=O)c2[C@@H]1c1ccc(C(C)(C)C)cc1. The Balaban J connectivity index is 1.79. The Bertz CT molecular complexity index is 1180. The summed E-state index contributed by atoms with van der Waals surface area (Å²) in [7, 11) is 0. The van der Waals surface area contributed by atoms with Crippen LogP contribution in [0.1, 0.15) is 74.3 Å². The molecule has 5 nitrogen and oxygen atoms in total. The number of amides is 1. The second kappa shape index (κ2) is 8.55. The number of benzene rings is 2. The van der Waals surface area contributed by atoms with Crippen molar-refractivity contribution in [3.63, 3.8) is 0 Å². The summed E-state index contributed by atoms with van der Waals surface area (Å²) < 4.78 is 11.7. The number of para-hydroxylation sites is 1. The summed E-state index contributed by atoms with van der Waals surface area (Å²) in [5, 5.41) is 0.500. The molecule has 1 aromatic heterocycles. The number of rotatable bonds is 6. The topological polar surface area (TPSA) is 59.8 Å². The standard InChI is InChI=1S/C27H31NO4/c1-17(2)31-16-8-15-28-23(18-11-13-19(14-12-18)27(3,4)5)22-24(29)20-9-6-7-10-21(20)32-25(22)26(28)30/h6-7,9-14,17,23H,8,15-16H2,1-5H3/t23-/m0/s1. The van der Waals surface area contributed by atoms with Gasteiger partial charge in [0.1, 0.15) is 5.58 Å². The van der Waals surface area contributed by atoms with Crippen molar-refractivity contribution >= 4 is 16.9 Å². The molecule has 1 atom stereocenters. The first-order chi connectivity index (χ1) is 15.2. The average Bonchev–Trinajstić information content (AvgIpc) is 3.03. The van der Waals surface area contributed by atoms with E-state index in [2.05, 4.69) is 32.9 Å². The predicted molar refractivity (Wildman–Crippen MR) is 126 cm³/mol. The zero-order valence-corrected chi connectivity index (χ0v) is 19.5. The van der Waals surface area contributed by atoms with Gasteiger partial charge in [0, 0.05) is 13.2 Å². The van der Waals surface area contributed by atoms with Crippen molar-refractivity contribution in [2.45, 2.75) is 58.6 Å². The van der Waals surface area contributed by atoms with Crippen molar-refractivity contribution < 1.29 is 13.9 Å². The molecule has 168 valence electrons. The molecule has 0 fully saturated rings. The van der Waals surface area contributed by atoms with Gasteiger partial charge in [0.05, 0.1) is 23.1 Å². The lowest BCUT2D eigenvalue weighted by atomic mass is 9.86. The van der Waals surface area contributed by atoms with E-state index in [-0.39, 0.29) is 28.6 Å². The average molecular weight is 434 g/mol. The van der Waals surface area contributed by atoms with Gasteiger partial charge in [0.15, 0.2) is 5.43 Å². The third-order valence-electron chi connectivity index (χ3n) is 5.96. The first-order valence-electron chi connectivity index (χ1n) is 11.3. The van der Waals surface area contributed by atoms with E-state index in [1.54, 1.807) is 23.1 Å². The number of hydrogen-bond acceptors (Lipinski definition) is 4. The van der Waals surface area contributed by atoms with E-state index in [4.69, 9.17) is 9.15 Å². The highest BCUT2D eigenvalue weighted by atomic mass is 16.5. The van der Waals surface area contributed by atoms with Gasteiger partial charge in [0.25, 0.3) is 5.91 Å². The molecular weight excluding hydrogens is 402 g/mol. The number of ether oxygens (including phenoxy) is 1. The Morgan fingerprint density at radius 1 is 1.03 bits per heavy atom. The highest BCUT2D eigenvalue weighted by Crippen LogP contribution is 2.38. The fraction of sp³-hybridized carbons (Fsp3) is 0.407. The number of carbonyl (C=O) groups excluding carboxylic acids is 1. The molecule has 0 saturated heterocycles. The molecule has 0 spiro atoms. The molecule has 3 aromatic rings. The molecule has 2 heterocycles. The van der Waals surface area contributed by atoms with Crippen molar-refractivity contribution in [3.05, 3.63) is 81.2 Å². The first kappa shape index (κ1) is 22.3. The van der Waals surface area contributed by atoms with Crippen molar-refractivity contribution in [2.24, 2.45) is 0 Å². The van der Waals surface area contributed by atoms with E-state index >= 15 is 0 Å². The maximum absolute atomic E-state index is 13.5. The fourth-order valence-corrected chi connectivity index (χ4v) is 4.26. The maximum Gasteiger partial charge on any atom is 0.290 e. The van der Waals surface area contributed by atoms with Crippen LogP contribution in [0.15, 0.2) is 57.7 Å². The van der Waals surface area contributed by atoms with Gasteiger partial charge in [-0.15, -0.1) is 0 Å². The molecule has 1 aliphatic heterocycles. The Kier molecular flexibility index (Phi) is 5.95. The Morgan fingerprint density at radius 2 is 1.72 bits per heavy atom. The molecule has 4 rings (SSSR count). The molecule has 5 heteroatoms. The summed E-state index contributed by atoms with van der Waals surface area (Å²) in [6.07, 6.45) is 0.818. The number of carbonyl (C=O) groups is 1. The number of fused-ring (bicyclic) bond motifs is 2. The van der Waals surface area contributed by atoms with Crippen molar-refractivity contribution in [1.29, 1.82) is 0 Å². The Hall–Kier alpha value is -2.92. The van der Waals surface area contributed by atoms with E-state index in [1.165, 1.54) is 5.56 Å². The lowest BCUT2D eigenvalue weighted by Gasteiger charge is -2.26. The summed E-state index contributed by atoms with van der Waals surface area (Å²) in [4.78, 5) is 28.6. The van der Waals surface area contributed by atoms with Crippen LogP contribution in [0.3, 0.4) is 0 Å². The van der Waals surface area contributed by atoms with Gasteiger partial charge in [-0.1, -0.05) is 57.2 Å². The molecule has 0 unspecified atom stereocenters. The normalized spacial score (nSPS) is 16.2. The van der Waals surface area contributed by atoms with Gasteiger partial charge in [-0.05, 0) is 48.9 Å². The van der Waals surface area contributed by atoms with E-state index < -0.39 is 6.04 Å². The fourth-order valence-electron chi connectivity index (χ4n) is 4.26. The maximum atomic E-state index is 13.5. The smallest absolute Gasteiger partial charge is 0.290 e. The summed E-state index contributed by atoms with van der Waals surface area (Å²) in [6, 6.07) is 14.9. The van der Waals surface area contributed by atoms with Gasteiger partial charge in [0.2, 0.25) is 5.76 Å². The van der Waals surface area contributed by atoms with Gasteiger partial charge < -0.3 is 14.1 Å². The molecule has 0 radical (unpaired) electrons. The molecule has 0 N–H and O–H groups in total. The number of hydrogen-bond donors (Lipinski definition) is 0. The van der Waals surface area contributed by atoms with Gasteiger partial charge >= 0.3 is 0 Å². The van der Waals surface area contributed by atoms with Crippen LogP contribution in [0, 0.1) is 0 Å². The molecule has 1 aliphatic rings. The summed E-state index contributed by atoms with van der Waals surface area (Å²) in [6.45, 7) is 11.5. The Morgan fingerprint density at radius 3 is 2.38 bits per heavy atom. The lowest BCUT2D eigenvalue weighted by Crippen LogP contribution is -2.31. The minimum Gasteiger partial charge on any atom is -0.450 e. The van der Waals surface area contributed by atoms with Crippen LogP contribution in [-0.2, 0) is 10.2 Å². The van der Waals surface area contributed by atoms with Crippen LogP contribution in [0.25, 0.3) is 11.0 Å². The van der Waals surface area contributed by atoms with Crippen LogP contribution >= 0.6 is 0 Å². The second-order valence-electron chi connectivity index (χ2n) is 9.72. The van der Waals surface area contributed by atoms with E-state index in [9.17, 15) is 9.59 Å². The minimum atomic E-state index is -0.466. The van der Waals surface area contributed by atoms with Crippen LogP contribution < -0.4 is 5.43 Å². The molecule has 0 aliphatic carbocycles. The quantitative estimate of drug-likeness (QED) is 0.485. The first-order valence-corrected chi connectivity index (χ1v) is 11.3. The van der Waals surface area contributed by atoms with Crippen LogP contribution in [0.4, 0.5) is 0 Å². The van der Waals surface area contributed by atoms with Crippen LogP contribution in [0.5, 0.6) is 0 Å². The molecular formula is C27H31NO4. The predicted octanol–water partition coefficient (Wildman–Crippen LogP) is 5.45. The summed E-state index contributed by atoms with van der Waals surface area (Å²) in [5.74, 6) is -0.0827. The monoisotopic (exact) mass is 433 g/mol. The molecule has 0 bridgehead atoms. The molecule has 1 amide bonds. The van der Waals surface area contributed by atoms with E-state index in [0.717, 1.165) is 5.56 Å². The largest absolute Gasteiger partial charge is 0.450 e. The molecule has 2 aromatic carbocycles. The second-order valence-corrected chi connectivity index (χ2v) is 9.72. The van der Waals surface area contributed by atoms with Crippen LogP contribution in [-0.4, -0.2) is 30.1 Å². The van der Waals surface area contributed by atoms with Crippen molar-refractivity contribution in [1.82, 2.24) is 4.90 Å². The highest BCUT2D eigenvalue weighted by Gasteiger charge is 2.42.